The van der Waals surface area contributed by atoms with Crippen molar-refractivity contribution in [3.8, 4) is 11.4 Å². The van der Waals surface area contributed by atoms with Crippen molar-refractivity contribution in [2.45, 2.75) is 19.6 Å². The minimum atomic E-state index is 0.158. The number of thiazole rings is 1. The molecule has 0 saturated carbocycles. The molecule has 144 valence electrons. The molecule has 0 radical (unpaired) electrons. The van der Waals surface area contributed by atoms with Gasteiger partial charge in [-0.25, -0.2) is 9.67 Å². The van der Waals surface area contributed by atoms with E-state index >= 15 is 0 Å². The van der Waals surface area contributed by atoms with Crippen molar-refractivity contribution in [3.63, 3.8) is 0 Å². The zero-order valence-electron chi connectivity index (χ0n) is 15.9. The lowest BCUT2D eigenvalue weighted by molar-refractivity contribution is 0.194. The highest BCUT2D eigenvalue weighted by molar-refractivity contribution is 7.71. The van der Waals surface area contributed by atoms with Crippen LogP contribution >= 0.6 is 23.6 Å². The molecule has 0 amide bonds. The lowest BCUT2D eigenvalue weighted by Gasteiger charge is -2.22. The van der Waals surface area contributed by atoms with Crippen LogP contribution in [-0.2, 0) is 6.67 Å². The Morgan fingerprint density at radius 2 is 1.93 bits per heavy atom. The number of fused-ring (bicyclic) bond motifs is 1. The molecule has 0 saturated heterocycles. The van der Waals surface area contributed by atoms with Gasteiger partial charge in [-0.05, 0) is 62.6 Å². The summed E-state index contributed by atoms with van der Waals surface area (Å²) < 4.78 is 10.8. The SMILES string of the molecule is COc1ccc(-n2cnn(CN(C)[C@@H](C)c3nc4ccccc4s3)c2=S)cc1. The van der Waals surface area contributed by atoms with Gasteiger partial charge in [0.25, 0.3) is 0 Å². The Balaban J connectivity index is 1.53. The molecule has 6 nitrogen and oxygen atoms in total. The maximum Gasteiger partial charge on any atom is 0.203 e. The van der Waals surface area contributed by atoms with E-state index in [2.05, 4.69) is 36.1 Å². The van der Waals surface area contributed by atoms with Crippen LogP contribution in [0.4, 0.5) is 0 Å². The second kappa shape index (κ2) is 7.83. The normalized spacial score (nSPS) is 12.6. The van der Waals surface area contributed by atoms with E-state index in [0.717, 1.165) is 22.0 Å². The molecule has 0 aliphatic heterocycles. The van der Waals surface area contributed by atoms with Gasteiger partial charge in [-0.3, -0.25) is 9.47 Å². The van der Waals surface area contributed by atoms with E-state index in [0.29, 0.717) is 11.4 Å². The van der Waals surface area contributed by atoms with Gasteiger partial charge in [0.15, 0.2) is 0 Å². The van der Waals surface area contributed by atoms with E-state index in [1.54, 1.807) is 24.8 Å². The number of para-hydroxylation sites is 1. The Hall–Kier alpha value is -2.55. The number of methoxy groups -OCH3 is 1. The van der Waals surface area contributed by atoms with Crippen molar-refractivity contribution in [2.75, 3.05) is 14.2 Å². The molecule has 0 N–H and O–H groups in total. The molecule has 0 bridgehead atoms. The molecule has 4 aromatic rings. The Kier molecular flexibility index (Phi) is 5.25. The maximum absolute atomic E-state index is 5.64. The molecule has 2 aromatic carbocycles. The summed E-state index contributed by atoms with van der Waals surface area (Å²) in [6.07, 6.45) is 1.75. The average molecular weight is 412 g/mol. The van der Waals surface area contributed by atoms with Gasteiger partial charge in [-0.1, -0.05) is 12.1 Å². The van der Waals surface area contributed by atoms with Crippen molar-refractivity contribution in [1.82, 2.24) is 24.2 Å². The fourth-order valence-corrected chi connectivity index (χ4v) is 4.29. The molecule has 28 heavy (non-hydrogen) atoms. The number of hydrogen-bond acceptors (Lipinski definition) is 6. The molecule has 0 fully saturated rings. The number of ether oxygens (including phenoxy) is 1. The summed E-state index contributed by atoms with van der Waals surface area (Å²) in [7, 11) is 3.71. The van der Waals surface area contributed by atoms with Crippen molar-refractivity contribution in [2.24, 2.45) is 0 Å². The predicted molar refractivity (Wildman–Crippen MR) is 115 cm³/mol. The summed E-state index contributed by atoms with van der Waals surface area (Å²) in [6.45, 7) is 2.74. The highest BCUT2D eigenvalue weighted by Gasteiger charge is 2.17. The van der Waals surface area contributed by atoms with Gasteiger partial charge in [0.05, 0.1) is 30.0 Å². The first-order valence-electron chi connectivity index (χ1n) is 8.91. The fourth-order valence-electron chi connectivity index (χ4n) is 2.95. The second-order valence-corrected chi connectivity index (χ2v) is 8.00. The topological polar surface area (TPSA) is 48.1 Å². The molecule has 2 heterocycles. The van der Waals surface area contributed by atoms with Crippen LogP contribution in [0.2, 0.25) is 0 Å². The van der Waals surface area contributed by atoms with Gasteiger partial charge < -0.3 is 4.74 Å². The standard InChI is InChI=1S/C20H21N5OS2/c1-14(19-22-17-6-4-5-7-18(17)28-19)23(2)13-25-20(27)24(12-21-25)15-8-10-16(26-3)11-9-15/h4-12,14H,13H2,1-3H3/t14-/m0/s1. The van der Waals surface area contributed by atoms with E-state index in [4.69, 9.17) is 21.9 Å². The lowest BCUT2D eigenvalue weighted by Crippen LogP contribution is -2.26. The van der Waals surface area contributed by atoms with Crippen LogP contribution in [-0.4, -0.2) is 38.4 Å². The lowest BCUT2D eigenvalue weighted by atomic mass is 10.3. The number of benzene rings is 2. The van der Waals surface area contributed by atoms with Crippen molar-refractivity contribution < 1.29 is 4.74 Å². The maximum atomic E-state index is 5.64. The third-order valence-electron chi connectivity index (χ3n) is 4.77. The molecule has 8 heteroatoms. The van der Waals surface area contributed by atoms with E-state index in [1.165, 1.54) is 4.70 Å². The Morgan fingerprint density at radius 3 is 2.64 bits per heavy atom. The van der Waals surface area contributed by atoms with Gasteiger partial charge in [-0.15, -0.1) is 11.3 Å². The van der Waals surface area contributed by atoms with Crippen LogP contribution in [0, 0.1) is 4.77 Å². The Morgan fingerprint density at radius 1 is 1.18 bits per heavy atom. The monoisotopic (exact) mass is 411 g/mol. The first-order valence-corrected chi connectivity index (χ1v) is 10.1. The van der Waals surface area contributed by atoms with Gasteiger partial charge in [0.1, 0.15) is 17.1 Å². The zero-order chi connectivity index (χ0) is 19.7. The summed E-state index contributed by atoms with van der Waals surface area (Å²) >= 11 is 7.36. The molecule has 4 rings (SSSR count). The molecular formula is C20H21N5OS2. The van der Waals surface area contributed by atoms with E-state index in [-0.39, 0.29) is 6.04 Å². The molecule has 0 aliphatic carbocycles. The van der Waals surface area contributed by atoms with Crippen LogP contribution in [0.5, 0.6) is 5.75 Å². The highest BCUT2D eigenvalue weighted by atomic mass is 32.1. The number of hydrogen-bond donors (Lipinski definition) is 0. The largest absolute Gasteiger partial charge is 0.497 e. The van der Waals surface area contributed by atoms with Gasteiger partial charge in [0.2, 0.25) is 4.77 Å². The molecule has 0 unspecified atom stereocenters. The van der Waals surface area contributed by atoms with Crippen LogP contribution in [0.15, 0.2) is 54.9 Å². The van der Waals surface area contributed by atoms with Gasteiger partial charge >= 0.3 is 0 Å². The van der Waals surface area contributed by atoms with Gasteiger partial charge in [-0.2, -0.15) is 5.10 Å². The van der Waals surface area contributed by atoms with Crippen LogP contribution in [0.25, 0.3) is 15.9 Å². The smallest absolute Gasteiger partial charge is 0.203 e. The van der Waals surface area contributed by atoms with Crippen molar-refractivity contribution >= 4 is 33.8 Å². The highest BCUT2D eigenvalue weighted by Crippen LogP contribution is 2.29. The summed E-state index contributed by atoms with van der Waals surface area (Å²) in [6, 6.07) is 16.1. The quantitative estimate of drug-likeness (QED) is 0.432. The minimum absolute atomic E-state index is 0.158. The summed E-state index contributed by atoms with van der Waals surface area (Å²) in [4.78, 5) is 6.96. The zero-order valence-corrected chi connectivity index (χ0v) is 17.6. The summed E-state index contributed by atoms with van der Waals surface area (Å²) in [5.41, 5.74) is 2.00. The van der Waals surface area contributed by atoms with Crippen LogP contribution in [0.1, 0.15) is 18.0 Å². The first-order chi connectivity index (χ1) is 13.6. The number of aromatic nitrogens is 4. The first kappa shape index (κ1) is 18.8. The Bertz CT molecular complexity index is 1110. The van der Waals surface area contributed by atoms with E-state index in [1.807, 2.05) is 45.6 Å². The molecular weight excluding hydrogens is 390 g/mol. The molecule has 1 atom stereocenters. The summed E-state index contributed by atoms with van der Waals surface area (Å²) in [5, 5.41) is 5.57. The second-order valence-electron chi connectivity index (χ2n) is 6.58. The third-order valence-corrected chi connectivity index (χ3v) is 6.38. The van der Waals surface area contributed by atoms with E-state index < -0.39 is 0 Å². The van der Waals surface area contributed by atoms with E-state index in [9.17, 15) is 0 Å². The van der Waals surface area contributed by atoms with Crippen molar-refractivity contribution in [1.29, 1.82) is 0 Å². The molecule has 0 spiro atoms. The predicted octanol–water partition coefficient (Wildman–Crippen LogP) is 4.67. The molecule has 0 aliphatic rings. The number of rotatable bonds is 6. The third kappa shape index (κ3) is 3.58. The van der Waals surface area contributed by atoms with Gasteiger partial charge in [0, 0.05) is 5.69 Å². The molecule has 2 aromatic heterocycles. The Labute approximate surface area is 172 Å². The number of nitrogens with zero attached hydrogens (tertiary/aromatic N) is 5. The fraction of sp³-hybridized carbons (Fsp3) is 0.250. The van der Waals surface area contributed by atoms with Crippen LogP contribution in [0.3, 0.4) is 0 Å². The average Bonchev–Trinajstić information content (AvgIpc) is 3.31. The summed E-state index contributed by atoms with van der Waals surface area (Å²) in [5.74, 6) is 0.812. The minimum Gasteiger partial charge on any atom is -0.497 e. The van der Waals surface area contributed by atoms with Crippen molar-refractivity contribution in [3.05, 3.63) is 64.6 Å². The van der Waals surface area contributed by atoms with Crippen LogP contribution < -0.4 is 4.74 Å².